The van der Waals surface area contributed by atoms with Crippen LogP contribution in [0.2, 0.25) is 0 Å². The molecule has 72 valence electrons. The highest BCUT2D eigenvalue weighted by atomic mass is 19.2. The predicted molar refractivity (Wildman–Crippen MR) is 45.1 cm³/mol. The number of aromatic nitrogens is 2. The summed E-state index contributed by atoms with van der Waals surface area (Å²) in [7, 11) is 0. The van der Waals surface area contributed by atoms with Gasteiger partial charge in [0.1, 0.15) is 5.39 Å². The van der Waals surface area contributed by atoms with E-state index in [-0.39, 0.29) is 5.52 Å². The van der Waals surface area contributed by atoms with Gasteiger partial charge in [-0.1, -0.05) is 0 Å². The molecule has 6 heteroatoms. The van der Waals surface area contributed by atoms with Gasteiger partial charge in [-0.2, -0.15) is 0 Å². The first-order valence-electron chi connectivity index (χ1n) is 3.70. The number of fused-ring (bicyclic) bond motifs is 1. The first kappa shape index (κ1) is 8.61. The van der Waals surface area contributed by atoms with E-state index in [1.54, 1.807) is 0 Å². The van der Waals surface area contributed by atoms with Crippen molar-refractivity contribution in [2.24, 2.45) is 0 Å². The number of benzene rings is 1. The number of H-pyrrole nitrogens is 2. The van der Waals surface area contributed by atoms with Crippen molar-refractivity contribution in [1.29, 1.82) is 0 Å². The molecule has 1 aromatic carbocycles. The molecule has 0 aliphatic carbocycles. The average Bonchev–Trinajstić information content (AvgIpc) is 2.10. The van der Waals surface area contributed by atoms with Crippen LogP contribution >= 0.6 is 0 Å². The summed E-state index contributed by atoms with van der Waals surface area (Å²) in [6.07, 6.45) is 0. The van der Waals surface area contributed by atoms with Gasteiger partial charge in [-0.05, 0) is 12.1 Å². The van der Waals surface area contributed by atoms with Gasteiger partial charge in [-0.15, -0.1) is 0 Å². The van der Waals surface area contributed by atoms with Gasteiger partial charge in [0.05, 0.1) is 5.52 Å². The number of rotatable bonds is 0. The highest BCUT2D eigenvalue weighted by Gasteiger charge is 2.10. The number of halogens is 2. The van der Waals surface area contributed by atoms with Gasteiger partial charge >= 0.3 is 5.69 Å². The van der Waals surface area contributed by atoms with Crippen molar-refractivity contribution >= 4 is 10.9 Å². The van der Waals surface area contributed by atoms with E-state index in [0.29, 0.717) is 0 Å². The van der Waals surface area contributed by atoms with Crippen LogP contribution in [-0.2, 0) is 0 Å². The van der Waals surface area contributed by atoms with Crippen molar-refractivity contribution in [3.05, 3.63) is 44.6 Å². The van der Waals surface area contributed by atoms with Crippen LogP contribution in [0.25, 0.3) is 10.9 Å². The molecule has 0 bridgehead atoms. The van der Waals surface area contributed by atoms with E-state index < -0.39 is 28.3 Å². The molecule has 0 spiro atoms. The molecule has 1 heterocycles. The van der Waals surface area contributed by atoms with Gasteiger partial charge in [0.2, 0.25) is 0 Å². The zero-order valence-electron chi connectivity index (χ0n) is 6.73. The third-order valence-electron chi connectivity index (χ3n) is 1.80. The summed E-state index contributed by atoms with van der Waals surface area (Å²) in [5.41, 5.74) is -1.73. The maximum Gasteiger partial charge on any atom is 0.326 e. The monoisotopic (exact) mass is 198 g/mol. The van der Waals surface area contributed by atoms with Gasteiger partial charge in [0.15, 0.2) is 11.6 Å². The Morgan fingerprint density at radius 3 is 2.50 bits per heavy atom. The SMILES string of the molecule is O=c1[nH]c(=O)c2c(F)c(F)ccc2[nH]1. The third kappa shape index (κ3) is 1.12. The molecule has 0 atom stereocenters. The topological polar surface area (TPSA) is 65.7 Å². The Morgan fingerprint density at radius 2 is 1.79 bits per heavy atom. The highest BCUT2D eigenvalue weighted by molar-refractivity contribution is 5.77. The molecule has 0 aliphatic heterocycles. The van der Waals surface area contributed by atoms with Gasteiger partial charge in [-0.3, -0.25) is 9.78 Å². The second-order valence-corrected chi connectivity index (χ2v) is 2.69. The molecule has 2 N–H and O–H groups in total. The smallest absolute Gasteiger partial charge is 0.307 e. The molecule has 14 heavy (non-hydrogen) atoms. The Labute approximate surface area is 75.2 Å². The zero-order chi connectivity index (χ0) is 10.3. The predicted octanol–water partition coefficient (Wildman–Crippen LogP) is 0.495. The second kappa shape index (κ2) is 2.76. The van der Waals surface area contributed by atoms with Crippen LogP contribution in [0.5, 0.6) is 0 Å². The number of aromatic amines is 2. The Kier molecular flexibility index (Phi) is 1.70. The van der Waals surface area contributed by atoms with E-state index in [1.807, 2.05) is 4.98 Å². The Bertz CT molecular complexity index is 615. The molecule has 0 radical (unpaired) electrons. The van der Waals surface area contributed by atoms with E-state index in [0.717, 1.165) is 12.1 Å². The zero-order valence-corrected chi connectivity index (χ0v) is 6.73. The first-order chi connectivity index (χ1) is 6.59. The Morgan fingerprint density at radius 1 is 1.07 bits per heavy atom. The van der Waals surface area contributed by atoms with Crippen molar-refractivity contribution in [3.8, 4) is 0 Å². The number of hydrogen-bond acceptors (Lipinski definition) is 2. The minimum atomic E-state index is -1.26. The number of hydrogen-bond donors (Lipinski definition) is 2. The van der Waals surface area contributed by atoms with Crippen molar-refractivity contribution in [2.45, 2.75) is 0 Å². The minimum absolute atomic E-state index is 0.0300. The standard InChI is InChI=1S/C8H4F2N2O2/c9-3-1-2-4-5(6(3)10)7(13)12-8(14)11-4/h1-2H,(H2,11,12,13,14). The maximum absolute atomic E-state index is 13.1. The first-order valence-corrected chi connectivity index (χ1v) is 3.70. The van der Waals surface area contributed by atoms with E-state index in [2.05, 4.69) is 4.98 Å². The molecule has 4 nitrogen and oxygen atoms in total. The Hall–Kier alpha value is -1.98. The minimum Gasteiger partial charge on any atom is -0.307 e. The molecule has 0 amide bonds. The van der Waals surface area contributed by atoms with Crippen LogP contribution in [0, 0.1) is 11.6 Å². The van der Waals surface area contributed by atoms with Crippen molar-refractivity contribution < 1.29 is 8.78 Å². The van der Waals surface area contributed by atoms with Crippen LogP contribution < -0.4 is 11.2 Å². The molecule has 0 unspecified atom stereocenters. The lowest BCUT2D eigenvalue weighted by Gasteiger charge is -1.97. The van der Waals surface area contributed by atoms with E-state index in [9.17, 15) is 18.4 Å². The van der Waals surface area contributed by atoms with Crippen LogP contribution in [0.4, 0.5) is 8.78 Å². The van der Waals surface area contributed by atoms with Crippen molar-refractivity contribution in [1.82, 2.24) is 9.97 Å². The summed E-state index contributed by atoms with van der Waals surface area (Å²) < 4.78 is 25.8. The van der Waals surface area contributed by atoms with E-state index >= 15 is 0 Å². The fraction of sp³-hybridized carbons (Fsp3) is 0. The maximum atomic E-state index is 13.1. The second-order valence-electron chi connectivity index (χ2n) is 2.69. The van der Waals surface area contributed by atoms with Gasteiger partial charge in [0.25, 0.3) is 5.56 Å². The largest absolute Gasteiger partial charge is 0.326 e. The molecular weight excluding hydrogens is 194 g/mol. The molecule has 0 saturated carbocycles. The lowest BCUT2D eigenvalue weighted by Crippen LogP contribution is -2.22. The molecule has 0 aliphatic rings. The summed E-state index contributed by atoms with van der Waals surface area (Å²) >= 11 is 0. The summed E-state index contributed by atoms with van der Waals surface area (Å²) in [5.74, 6) is -2.39. The molecular formula is C8H4F2N2O2. The molecule has 2 aromatic rings. The quantitative estimate of drug-likeness (QED) is 0.647. The molecule has 2 rings (SSSR count). The molecule has 0 fully saturated rings. The number of nitrogens with one attached hydrogen (secondary N) is 2. The lowest BCUT2D eigenvalue weighted by molar-refractivity contribution is 0.516. The van der Waals surface area contributed by atoms with Gasteiger partial charge in [0, 0.05) is 0 Å². The summed E-state index contributed by atoms with van der Waals surface area (Å²) in [5, 5.41) is -0.482. The van der Waals surface area contributed by atoms with Gasteiger partial charge in [-0.25, -0.2) is 13.6 Å². The van der Waals surface area contributed by atoms with E-state index in [1.165, 1.54) is 0 Å². The van der Waals surface area contributed by atoms with Crippen LogP contribution in [-0.4, -0.2) is 9.97 Å². The molecule has 0 saturated heterocycles. The molecule has 1 aromatic heterocycles. The summed E-state index contributed by atoms with van der Waals surface area (Å²) in [6.45, 7) is 0. The average molecular weight is 198 g/mol. The fourth-order valence-corrected chi connectivity index (χ4v) is 1.20. The normalized spacial score (nSPS) is 10.7. The van der Waals surface area contributed by atoms with E-state index in [4.69, 9.17) is 0 Å². The van der Waals surface area contributed by atoms with Crippen LogP contribution in [0.1, 0.15) is 0 Å². The van der Waals surface area contributed by atoms with Crippen molar-refractivity contribution in [3.63, 3.8) is 0 Å². The lowest BCUT2D eigenvalue weighted by atomic mass is 10.2. The fourth-order valence-electron chi connectivity index (χ4n) is 1.20. The van der Waals surface area contributed by atoms with Crippen LogP contribution in [0.3, 0.4) is 0 Å². The Balaban J connectivity index is 3.11. The summed E-state index contributed by atoms with van der Waals surface area (Å²) in [6, 6.07) is 1.97. The van der Waals surface area contributed by atoms with Gasteiger partial charge < -0.3 is 4.98 Å². The van der Waals surface area contributed by atoms with Crippen molar-refractivity contribution in [2.75, 3.05) is 0 Å². The third-order valence-corrected chi connectivity index (χ3v) is 1.80. The van der Waals surface area contributed by atoms with Crippen LogP contribution in [0.15, 0.2) is 21.7 Å². The summed E-state index contributed by atoms with van der Waals surface area (Å²) in [4.78, 5) is 25.9. The highest BCUT2D eigenvalue weighted by Crippen LogP contribution is 2.13.